The van der Waals surface area contributed by atoms with Gasteiger partial charge in [0.15, 0.2) is 0 Å². The van der Waals surface area contributed by atoms with Crippen LogP contribution in [0.5, 0.6) is 0 Å². The van der Waals surface area contributed by atoms with E-state index < -0.39 is 0 Å². The number of thioether (sulfide) groups is 1. The largest absolute Gasteiger partial charge is 0.331 e. The fourth-order valence-electron chi connectivity index (χ4n) is 2.91. The summed E-state index contributed by atoms with van der Waals surface area (Å²) in [7, 11) is 3.65. The van der Waals surface area contributed by atoms with Crippen LogP contribution >= 0.6 is 11.8 Å². The minimum Gasteiger partial charge on any atom is -0.331 e. The number of carbonyl (C=O) groups excluding carboxylic acids is 1. The lowest BCUT2D eigenvalue weighted by Gasteiger charge is -2.42. The molecule has 5 heteroatoms. The number of hydrogen-bond acceptors (Lipinski definition) is 3. The van der Waals surface area contributed by atoms with E-state index in [-0.39, 0.29) is 6.03 Å². The van der Waals surface area contributed by atoms with Gasteiger partial charge in [0.1, 0.15) is 0 Å². The first-order chi connectivity index (χ1) is 9.06. The highest BCUT2D eigenvalue weighted by Gasteiger charge is 2.36. The average Bonchev–Trinajstić information content (AvgIpc) is 2.38. The lowest BCUT2D eigenvalue weighted by atomic mass is 9.84. The predicted molar refractivity (Wildman–Crippen MR) is 81.8 cm³/mol. The smallest absolute Gasteiger partial charge is 0.319 e. The minimum absolute atomic E-state index is 0.151. The molecule has 0 atom stereocenters. The first kappa shape index (κ1) is 15.0. The molecule has 2 rings (SSSR count). The second-order valence-electron chi connectivity index (χ2n) is 6.06. The van der Waals surface area contributed by atoms with E-state index in [2.05, 4.69) is 11.6 Å². The maximum Gasteiger partial charge on any atom is 0.319 e. The van der Waals surface area contributed by atoms with Crippen molar-refractivity contribution in [2.45, 2.75) is 42.9 Å². The van der Waals surface area contributed by atoms with Gasteiger partial charge in [0, 0.05) is 44.5 Å². The molecule has 2 fully saturated rings. The summed E-state index contributed by atoms with van der Waals surface area (Å²) in [5, 5.41) is 3.73. The zero-order chi connectivity index (χ0) is 13.9. The molecule has 4 nitrogen and oxygen atoms in total. The van der Waals surface area contributed by atoms with Crippen molar-refractivity contribution < 1.29 is 4.79 Å². The Morgan fingerprint density at radius 1 is 1.37 bits per heavy atom. The highest BCUT2D eigenvalue weighted by atomic mass is 32.2. The third-order valence-corrected chi connectivity index (χ3v) is 5.98. The molecule has 0 bridgehead atoms. The number of nitrogens with zero attached hydrogens (tertiary/aromatic N) is 2. The molecule has 19 heavy (non-hydrogen) atoms. The van der Waals surface area contributed by atoms with Gasteiger partial charge < -0.3 is 15.1 Å². The monoisotopic (exact) mass is 285 g/mol. The van der Waals surface area contributed by atoms with E-state index in [1.165, 1.54) is 19.3 Å². The second kappa shape index (κ2) is 6.35. The lowest BCUT2D eigenvalue weighted by molar-refractivity contribution is 0.151. The molecule has 2 amide bonds. The molecule has 110 valence electrons. The van der Waals surface area contributed by atoms with Crippen molar-refractivity contribution in [3.63, 3.8) is 0 Å². The Balaban J connectivity index is 1.70. The van der Waals surface area contributed by atoms with E-state index in [9.17, 15) is 4.79 Å². The molecule has 2 aliphatic rings. The van der Waals surface area contributed by atoms with Crippen LogP contribution in [-0.4, -0.2) is 66.6 Å². The summed E-state index contributed by atoms with van der Waals surface area (Å²) in [4.78, 5) is 15.5. The van der Waals surface area contributed by atoms with E-state index in [4.69, 9.17) is 0 Å². The van der Waals surface area contributed by atoms with Crippen molar-refractivity contribution in [3.8, 4) is 0 Å². The van der Waals surface area contributed by atoms with Gasteiger partial charge in [0.25, 0.3) is 0 Å². The van der Waals surface area contributed by atoms with Crippen molar-refractivity contribution in [1.82, 2.24) is 15.1 Å². The number of likely N-dealkylation sites (tertiary alicyclic amines) is 1. The maximum atomic E-state index is 11.9. The molecular weight excluding hydrogens is 258 g/mol. The number of urea groups is 1. The van der Waals surface area contributed by atoms with Crippen molar-refractivity contribution in [2.75, 3.05) is 40.0 Å². The van der Waals surface area contributed by atoms with Crippen LogP contribution in [0.1, 0.15) is 32.1 Å². The lowest BCUT2D eigenvalue weighted by Crippen LogP contribution is -2.51. The normalized spacial score (nSPS) is 23.0. The molecule has 0 spiro atoms. The molecular formula is C14H27N3OS. The predicted octanol–water partition coefficient (Wildman–Crippen LogP) is 2.01. The molecule has 1 saturated heterocycles. The third kappa shape index (κ3) is 3.57. The molecule has 1 N–H and O–H groups in total. The Morgan fingerprint density at radius 2 is 2.00 bits per heavy atom. The van der Waals surface area contributed by atoms with Crippen LogP contribution in [0, 0.1) is 0 Å². The number of hydrogen-bond donors (Lipinski definition) is 1. The van der Waals surface area contributed by atoms with Crippen molar-refractivity contribution in [2.24, 2.45) is 0 Å². The summed E-state index contributed by atoms with van der Waals surface area (Å²) in [5.41, 5.74) is 0. The summed E-state index contributed by atoms with van der Waals surface area (Å²) in [6.07, 6.45) is 8.52. The van der Waals surface area contributed by atoms with Gasteiger partial charge in [-0.25, -0.2) is 4.79 Å². The highest BCUT2D eigenvalue weighted by Crippen LogP contribution is 2.42. The maximum absolute atomic E-state index is 11.9. The highest BCUT2D eigenvalue weighted by molar-refractivity contribution is 8.00. The van der Waals surface area contributed by atoms with Crippen LogP contribution in [0.15, 0.2) is 0 Å². The zero-order valence-electron chi connectivity index (χ0n) is 12.4. The summed E-state index contributed by atoms with van der Waals surface area (Å²) in [5.74, 6) is 0. The third-order valence-electron chi connectivity index (χ3n) is 4.56. The Morgan fingerprint density at radius 3 is 2.42 bits per heavy atom. The summed E-state index contributed by atoms with van der Waals surface area (Å²) < 4.78 is 0.511. The Kier molecular flexibility index (Phi) is 5.01. The van der Waals surface area contributed by atoms with Crippen LogP contribution in [0.3, 0.4) is 0 Å². The van der Waals surface area contributed by atoms with Gasteiger partial charge in [0.05, 0.1) is 0 Å². The van der Waals surface area contributed by atoms with Crippen molar-refractivity contribution >= 4 is 17.8 Å². The second-order valence-corrected chi connectivity index (χ2v) is 7.33. The zero-order valence-corrected chi connectivity index (χ0v) is 13.3. The molecule has 0 aromatic heterocycles. The standard InChI is InChI=1S/C14H27N3OS/c1-16(2)13(18)17-9-5-12(6-10-17)15-11-14(19-3)7-4-8-14/h12,15H,4-11H2,1-3H3. The van der Waals surface area contributed by atoms with Gasteiger partial charge in [-0.2, -0.15) is 11.8 Å². The molecule has 0 unspecified atom stereocenters. The van der Waals surface area contributed by atoms with E-state index in [1.54, 1.807) is 4.90 Å². The van der Waals surface area contributed by atoms with Gasteiger partial charge >= 0.3 is 6.03 Å². The van der Waals surface area contributed by atoms with E-state index in [0.717, 1.165) is 32.5 Å². The van der Waals surface area contributed by atoms with Crippen molar-refractivity contribution in [3.05, 3.63) is 0 Å². The van der Waals surface area contributed by atoms with E-state index in [1.807, 2.05) is 30.8 Å². The van der Waals surface area contributed by atoms with Gasteiger partial charge in [0.2, 0.25) is 0 Å². The van der Waals surface area contributed by atoms with Gasteiger partial charge in [-0.1, -0.05) is 6.42 Å². The Labute approximate surface area is 121 Å². The number of amides is 2. The number of rotatable bonds is 4. The summed E-state index contributed by atoms with van der Waals surface area (Å²) in [6, 6.07) is 0.744. The summed E-state index contributed by atoms with van der Waals surface area (Å²) >= 11 is 2.02. The van der Waals surface area contributed by atoms with Crippen LogP contribution in [0.4, 0.5) is 4.79 Å². The molecule has 1 aliphatic carbocycles. The molecule has 1 saturated carbocycles. The van der Waals surface area contributed by atoms with E-state index in [0.29, 0.717) is 10.8 Å². The topological polar surface area (TPSA) is 35.6 Å². The Bertz CT molecular complexity index is 304. The minimum atomic E-state index is 0.151. The first-order valence-electron chi connectivity index (χ1n) is 7.31. The quantitative estimate of drug-likeness (QED) is 0.858. The van der Waals surface area contributed by atoms with Crippen LogP contribution < -0.4 is 5.32 Å². The van der Waals surface area contributed by atoms with Crippen LogP contribution in [-0.2, 0) is 0 Å². The molecule has 0 aromatic carbocycles. The number of carbonyl (C=O) groups is 1. The van der Waals surface area contributed by atoms with Crippen LogP contribution in [0.2, 0.25) is 0 Å². The van der Waals surface area contributed by atoms with Gasteiger partial charge in [-0.15, -0.1) is 0 Å². The average molecular weight is 285 g/mol. The SMILES string of the molecule is CSC1(CNC2CCN(C(=O)N(C)C)CC2)CCC1. The van der Waals surface area contributed by atoms with E-state index >= 15 is 0 Å². The van der Waals surface area contributed by atoms with Crippen LogP contribution in [0.25, 0.3) is 0 Å². The first-order valence-corrected chi connectivity index (χ1v) is 8.53. The fourth-order valence-corrected chi connectivity index (χ4v) is 3.84. The molecule has 0 aromatic rings. The van der Waals surface area contributed by atoms with Gasteiger partial charge in [-0.3, -0.25) is 0 Å². The Hall–Kier alpha value is -0.420. The molecule has 1 heterocycles. The van der Waals surface area contributed by atoms with Gasteiger partial charge in [-0.05, 0) is 31.9 Å². The molecule has 1 aliphatic heterocycles. The summed E-state index contributed by atoms with van der Waals surface area (Å²) in [6.45, 7) is 2.92. The fraction of sp³-hybridized carbons (Fsp3) is 0.929. The number of nitrogens with one attached hydrogen (secondary N) is 1. The molecule has 0 radical (unpaired) electrons. The number of piperidine rings is 1. The van der Waals surface area contributed by atoms with Crippen molar-refractivity contribution in [1.29, 1.82) is 0 Å².